The molecule has 1 aromatic heterocycles. The Kier molecular flexibility index (Phi) is 3.84. The van der Waals surface area contributed by atoms with E-state index in [1.807, 2.05) is 0 Å². The number of aromatic nitrogens is 1. The molecule has 0 amide bonds. The maximum absolute atomic E-state index is 12.0. The van der Waals surface area contributed by atoms with Crippen molar-refractivity contribution in [2.45, 2.75) is 6.42 Å². The van der Waals surface area contributed by atoms with Crippen molar-refractivity contribution in [2.75, 3.05) is 5.73 Å². The van der Waals surface area contributed by atoms with Crippen molar-refractivity contribution in [2.24, 2.45) is 0 Å². The van der Waals surface area contributed by atoms with Gasteiger partial charge in [-0.1, -0.05) is 29.3 Å². The molecule has 0 saturated carbocycles. The number of carbonyl (C=O) groups is 1. The van der Waals surface area contributed by atoms with Gasteiger partial charge in [0.2, 0.25) is 0 Å². The summed E-state index contributed by atoms with van der Waals surface area (Å²) in [6.45, 7) is 0. The minimum atomic E-state index is -0.112. The van der Waals surface area contributed by atoms with Crippen LogP contribution in [0.25, 0.3) is 0 Å². The number of rotatable bonds is 3. The number of nitrogen functional groups attached to an aromatic ring is 1. The molecule has 0 fully saturated rings. The Labute approximate surface area is 115 Å². The van der Waals surface area contributed by atoms with E-state index < -0.39 is 0 Å². The average molecular weight is 281 g/mol. The van der Waals surface area contributed by atoms with E-state index in [4.69, 9.17) is 28.9 Å². The Morgan fingerprint density at radius 2 is 2.00 bits per heavy atom. The highest BCUT2D eigenvalue weighted by Gasteiger charge is 2.11. The molecule has 0 aliphatic rings. The predicted molar refractivity (Wildman–Crippen MR) is 73.1 cm³/mol. The van der Waals surface area contributed by atoms with Crippen molar-refractivity contribution in [1.29, 1.82) is 0 Å². The van der Waals surface area contributed by atoms with Gasteiger partial charge in [0.25, 0.3) is 0 Å². The van der Waals surface area contributed by atoms with E-state index in [1.54, 1.807) is 30.3 Å². The summed E-state index contributed by atoms with van der Waals surface area (Å²) in [7, 11) is 0. The van der Waals surface area contributed by atoms with Crippen molar-refractivity contribution < 1.29 is 4.79 Å². The molecule has 1 heterocycles. The van der Waals surface area contributed by atoms with Gasteiger partial charge in [0, 0.05) is 16.5 Å². The zero-order valence-corrected chi connectivity index (χ0v) is 10.9. The molecule has 0 unspecified atom stereocenters. The van der Waals surface area contributed by atoms with Crippen molar-refractivity contribution in [3.63, 3.8) is 0 Å². The lowest BCUT2D eigenvalue weighted by Crippen LogP contribution is -2.06. The number of benzene rings is 1. The summed E-state index contributed by atoms with van der Waals surface area (Å²) in [6, 6.07) is 8.29. The number of Topliss-reactive ketones (excluding diaryl/α,β-unsaturated/α-hetero) is 1. The first-order valence-electron chi connectivity index (χ1n) is 5.25. The molecule has 0 aliphatic carbocycles. The first-order chi connectivity index (χ1) is 8.56. The average Bonchev–Trinajstić information content (AvgIpc) is 2.33. The number of anilines is 1. The van der Waals surface area contributed by atoms with E-state index in [2.05, 4.69) is 4.98 Å². The molecule has 0 saturated heterocycles. The molecule has 3 nitrogen and oxygen atoms in total. The first-order valence-corrected chi connectivity index (χ1v) is 6.00. The monoisotopic (exact) mass is 280 g/mol. The number of pyridine rings is 1. The largest absolute Gasteiger partial charge is 0.397 e. The number of halogens is 2. The molecular weight excluding hydrogens is 271 g/mol. The molecular formula is C13H10Cl2N2O. The van der Waals surface area contributed by atoms with Gasteiger partial charge in [-0.25, -0.2) is 0 Å². The van der Waals surface area contributed by atoms with Crippen molar-refractivity contribution in [1.82, 2.24) is 4.98 Å². The normalized spacial score (nSPS) is 10.3. The minimum absolute atomic E-state index is 0.112. The quantitative estimate of drug-likeness (QED) is 0.877. The molecule has 0 radical (unpaired) electrons. The highest BCUT2D eigenvalue weighted by atomic mass is 35.5. The fraction of sp³-hybridized carbons (Fsp3) is 0.0769. The highest BCUT2D eigenvalue weighted by molar-refractivity contribution is 6.35. The molecule has 0 spiro atoms. The molecule has 0 bridgehead atoms. The maximum Gasteiger partial charge on any atom is 0.185 e. The number of nitrogens with zero attached hydrogens (tertiary/aromatic N) is 1. The van der Waals surface area contributed by atoms with Gasteiger partial charge >= 0.3 is 0 Å². The Hall–Kier alpha value is -1.58. The van der Waals surface area contributed by atoms with Crippen LogP contribution in [0.5, 0.6) is 0 Å². The van der Waals surface area contributed by atoms with Crippen LogP contribution < -0.4 is 5.73 Å². The summed E-state index contributed by atoms with van der Waals surface area (Å²) in [5.74, 6) is -0.112. The number of nitrogens with two attached hydrogens (primary N) is 1. The zero-order valence-electron chi connectivity index (χ0n) is 9.36. The van der Waals surface area contributed by atoms with Crippen LogP contribution in [0, 0.1) is 0 Å². The standard InChI is InChI=1S/C13H10Cl2N2O/c14-9-2-1-8(11(15)6-9)5-13(18)12-4-3-10(16)7-17-12/h1-4,6-7H,5,16H2. The van der Waals surface area contributed by atoms with Crippen molar-refractivity contribution in [3.05, 3.63) is 57.8 Å². The highest BCUT2D eigenvalue weighted by Crippen LogP contribution is 2.22. The summed E-state index contributed by atoms with van der Waals surface area (Å²) in [5, 5.41) is 1.02. The van der Waals surface area contributed by atoms with Gasteiger partial charge in [-0.05, 0) is 29.8 Å². The molecule has 2 aromatic rings. The fourth-order valence-electron chi connectivity index (χ4n) is 1.50. The van der Waals surface area contributed by atoms with E-state index >= 15 is 0 Å². The van der Waals surface area contributed by atoms with Crippen LogP contribution >= 0.6 is 23.2 Å². The Morgan fingerprint density at radius 1 is 1.22 bits per heavy atom. The smallest absolute Gasteiger partial charge is 0.185 e. The van der Waals surface area contributed by atoms with Crippen LogP contribution in [0.2, 0.25) is 10.0 Å². The lowest BCUT2D eigenvalue weighted by atomic mass is 10.1. The van der Waals surface area contributed by atoms with Crippen LogP contribution in [0.1, 0.15) is 16.1 Å². The second kappa shape index (κ2) is 5.38. The predicted octanol–water partition coefficient (Wildman–Crippen LogP) is 3.40. The van der Waals surface area contributed by atoms with Gasteiger partial charge in [-0.15, -0.1) is 0 Å². The Bertz CT molecular complexity index is 582. The van der Waals surface area contributed by atoms with E-state index in [0.29, 0.717) is 21.4 Å². The first kappa shape index (κ1) is 12.9. The molecule has 18 heavy (non-hydrogen) atoms. The summed E-state index contributed by atoms with van der Waals surface area (Å²) in [5.41, 5.74) is 7.13. The lowest BCUT2D eigenvalue weighted by Gasteiger charge is -2.04. The van der Waals surface area contributed by atoms with Gasteiger partial charge in [-0.2, -0.15) is 0 Å². The third-order valence-electron chi connectivity index (χ3n) is 2.44. The van der Waals surface area contributed by atoms with Gasteiger partial charge in [-0.3, -0.25) is 9.78 Å². The SMILES string of the molecule is Nc1ccc(C(=O)Cc2ccc(Cl)cc2Cl)nc1. The van der Waals surface area contributed by atoms with Crippen LogP contribution in [0.3, 0.4) is 0 Å². The number of hydrogen-bond acceptors (Lipinski definition) is 3. The van der Waals surface area contributed by atoms with E-state index in [9.17, 15) is 4.79 Å². The molecule has 1 aromatic carbocycles. The summed E-state index contributed by atoms with van der Waals surface area (Å²) >= 11 is 11.8. The van der Waals surface area contributed by atoms with Gasteiger partial charge in [0.1, 0.15) is 5.69 Å². The summed E-state index contributed by atoms with van der Waals surface area (Å²) < 4.78 is 0. The molecule has 2 rings (SSSR count). The third-order valence-corrected chi connectivity index (χ3v) is 3.03. The topological polar surface area (TPSA) is 56.0 Å². The molecule has 0 aliphatic heterocycles. The number of ketones is 1. The zero-order chi connectivity index (χ0) is 13.1. The van der Waals surface area contributed by atoms with Crippen molar-refractivity contribution in [3.8, 4) is 0 Å². The molecule has 0 atom stereocenters. The molecule has 2 N–H and O–H groups in total. The van der Waals surface area contributed by atoms with Crippen LogP contribution in [-0.4, -0.2) is 10.8 Å². The number of carbonyl (C=O) groups excluding carboxylic acids is 1. The van der Waals surface area contributed by atoms with Crippen LogP contribution in [-0.2, 0) is 6.42 Å². The van der Waals surface area contributed by atoms with Crippen LogP contribution in [0.4, 0.5) is 5.69 Å². The van der Waals surface area contributed by atoms with Gasteiger partial charge < -0.3 is 5.73 Å². The Morgan fingerprint density at radius 3 is 2.61 bits per heavy atom. The van der Waals surface area contributed by atoms with Gasteiger partial charge in [0.05, 0.1) is 11.9 Å². The van der Waals surface area contributed by atoms with Crippen molar-refractivity contribution >= 4 is 34.7 Å². The lowest BCUT2D eigenvalue weighted by molar-refractivity contribution is 0.0988. The second-order valence-electron chi connectivity index (χ2n) is 3.81. The summed E-state index contributed by atoms with van der Waals surface area (Å²) in [4.78, 5) is 15.9. The minimum Gasteiger partial charge on any atom is -0.397 e. The fourth-order valence-corrected chi connectivity index (χ4v) is 1.97. The number of hydrogen-bond donors (Lipinski definition) is 1. The Balaban J connectivity index is 2.18. The van der Waals surface area contributed by atoms with Crippen LogP contribution in [0.15, 0.2) is 36.5 Å². The molecule has 5 heteroatoms. The van der Waals surface area contributed by atoms with E-state index in [1.165, 1.54) is 6.20 Å². The maximum atomic E-state index is 12.0. The van der Waals surface area contributed by atoms with E-state index in [0.717, 1.165) is 5.56 Å². The third kappa shape index (κ3) is 3.00. The van der Waals surface area contributed by atoms with Gasteiger partial charge in [0.15, 0.2) is 5.78 Å². The summed E-state index contributed by atoms with van der Waals surface area (Å²) in [6.07, 6.45) is 1.64. The second-order valence-corrected chi connectivity index (χ2v) is 4.66. The molecule has 92 valence electrons. The van der Waals surface area contributed by atoms with E-state index in [-0.39, 0.29) is 12.2 Å².